The Kier molecular flexibility index (Phi) is 3.79. The standard InChI is InChI=1S/C23H18N4O/c1-14-9-16(7-8-24-14)23-18-11-17-12-21(25-19(17)13-20(18)26-27-23)22(28)10-15-5-3-2-4-6-15/h2-9,11-13,26-27H,10H2,1H3. The van der Waals surface area contributed by atoms with Crippen LogP contribution >= 0.6 is 0 Å². The number of ketones is 1. The van der Waals surface area contributed by atoms with E-state index in [1.54, 1.807) is 6.20 Å². The first kappa shape index (κ1) is 16.4. The number of carbonyl (C=O) groups excluding carboxylic acids is 1. The Labute approximate surface area is 161 Å². The highest BCUT2D eigenvalue weighted by Crippen LogP contribution is 2.30. The molecule has 5 aromatic rings. The minimum Gasteiger partial charge on any atom is -0.300 e. The molecule has 3 heterocycles. The van der Waals surface area contributed by atoms with Gasteiger partial charge < -0.3 is 5.10 Å². The summed E-state index contributed by atoms with van der Waals surface area (Å²) in [5, 5.41) is 8.48. The van der Waals surface area contributed by atoms with Crippen LogP contribution in [0.5, 0.6) is 0 Å². The van der Waals surface area contributed by atoms with Gasteiger partial charge in [0.2, 0.25) is 0 Å². The molecule has 0 aliphatic heterocycles. The molecule has 0 fully saturated rings. The molecule has 0 saturated heterocycles. The fourth-order valence-corrected chi connectivity index (χ4v) is 3.58. The van der Waals surface area contributed by atoms with Crippen molar-refractivity contribution in [3.05, 3.63) is 83.8 Å². The van der Waals surface area contributed by atoms with Gasteiger partial charge in [-0.2, -0.15) is 0 Å². The van der Waals surface area contributed by atoms with Crippen LogP contribution in [0, 0.1) is 6.92 Å². The minimum atomic E-state index is 0.0302. The number of pyridine rings is 1. The molecule has 0 radical (unpaired) electrons. The Hall–Kier alpha value is -3.73. The van der Waals surface area contributed by atoms with E-state index in [0.29, 0.717) is 12.1 Å². The second kappa shape index (κ2) is 6.46. The molecule has 5 nitrogen and oxygen atoms in total. The molecule has 0 bridgehead atoms. The summed E-state index contributed by atoms with van der Waals surface area (Å²) in [6.45, 7) is 1.97. The predicted octanol–water partition coefficient (Wildman–Crippen LogP) is 4.84. The highest BCUT2D eigenvalue weighted by molar-refractivity contribution is 6.05. The van der Waals surface area contributed by atoms with Crippen LogP contribution in [0.3, 0.4) is 0 Å². The highest BCUT2D eigenvalue weighted by Gasteiger charge is 2.14. The maximum atomic E-state index is 12.7. The van der Waals surface area contributed by atoms with E-state index in [9.17, 15) is 4.79 Å². The molecule has 2 aromatic carbocycles. The first-order valence-electron chi connectivity index (χ1n) is 9.18. The van der Waals surface area contributed by atoms with E-state index in [1.807, 2.05) is 61.5 Å². The van der Waals surface area contributed by atoms with Crippen LogP contribution in [-0.4, -0.2) is 25.9 Å². The number of aromatic amines is 2. The van der Waals surface area contributed by atoms with Crippen molar-refractivity contribution in [2.45, 2.75) is 13.3 Å². The molecule has 0 amide bonds. The highest BCUT2D eigenvalue weighted by atomic mass is 16.1. The number of rotatable bonds is 4. The molecule has 0 aliphatic rings. The summed E-state index contributed by atoms with van der Waals surface area (Å²) >= 11 is 0. The maximum absolute atomic E-state index is 12.7. The van der Waals surface area contributed by atoms with Crippen molar-refractivity contribution in [2.75, 3.05) is 0 Å². The zero-order valence-electron chi connectivity index (χ0n) is 15.4. The molecule has 0 aliphatic carbocycles. The molecule has 3 aromatic heterocycles. The molecule has 28 heavy (non-hydrogen) atoms. The Morgan fingerprint density at radius 3 is 2.68 bits per heavy atom. The first-order valence-corrected chi connectivity index (χ1v) is 9.18. The van der Waals surface area contributed by atoms with E-state index in [-0.39, 0.29) is 5.78 Å². The summed E-state index contributed by atoms with van der Waals surface area (Å²) in [6.07, 6.45) is 2.16. The lowest BCUT2D eigenvalue weighted by Crippen LogP contribution is -2.03. The second-order valence-corrected chi connectivity index (χ2v) is 6.99. The quantitative estimate of drug-likeness (QED) is 0.447. The fourth-order valence-electron chi connectivity index (χ4n) is 3.58. The topological polar surface area (TPSA) is 74.4 Å². The molecule has 0 spiro atoms. The van der Waals surface area contributed by atoms with E-state index in [4.69, 9.17) is 0 Å². The number of aromatic nitrogens is 4. The average Bonchev–Trinajstić information content (AvgIpc) is 3.30. The van der Waals surface area contributed by atoms with Crippen LogP contribution in [0.4, 0.5) is 0 Å². The summed E-state index contributed by atoms with van der Waals surface area (Å²) in [7, 11) is 0. The summed E-state index contributed by atoms with van der Waals surface area (Å²) in [5.41, 5.74) is 6.31. The Morgan fingerprint density at radius 1 is 1.00 bits per heavy atom. The number of aryl methyl sites for hydroxylation is 1. The number of fused-ring (bicyclic) bond motifs is 2. The van der Waals surface area contributed by atoms with Gasteiger partial charge in [-0.1, -0.05) is 30.3 Å². The maximum Gasteiger partial charge on any atom is 0.185 e. The van der Waals surface area contributed by atoms with Crippen molar-refractivity contribution in [2.24, 2.45) is 0 Å². The minimum absolute atomic E-state index is 0.0302. The van der Waals surface area contributed by atoms with Crippen molar-refractivity contribution in [3.8, 4) is 11.3 Å². The van der Waals surface area contributed by atoms with Gasteiger partial charge in [-0.3, -0.25) is 14.9 Å². The smallest absolute Gasteiger partial charge is 0.185 e. The van der Waals surface area contributed by atoms with Crippen LogP contribution in [0.2, 0.25) is 0 Å². The molecule has 0 atom stereocenters. The van der Waals surface area contributed by atoms with Crippen LogP contribution < -0.4 is 0 Å². The van der Waals surface area contributed by atoms with E-state index in [0.717, 1.165) is 44.3 Å². The molecular formula is C23H18N4O. The molecule has 0 saturated carbocycles. The van der Waals surface area contributed by atoms with E-state index < -0.39 is 0 Å². The lowest BCUT2D eigenvalue weighted by atomic mass is 10.1. The second-order valence-electron chi connectivity index (χ2n) is 6.99. The summed E-state index contributed by atoms with van der Waals surface area (Å²) in [4.78, 5) is 21.5. The lowest BCUT2D eigenvalue weighted by Gasteiger charge is -2.00. The number of benzene rings is 2. The van der Waals surface area contributed by atoms with Crippen molar-refractivity contribution >= 4 is 27.6 Å². The van der Waals surface area contributed by atoms with Gasteiger partial charge in [0.1, 0.15) is 5.69 Å². The van der Waals surface area contributed by atoms with E-state index in [1.165, 1.54) is 0 Å². The SMILES string of the molecule is Cc1cc(-c2[nH][nH]c3cc4nc(C(=O)Cc5ccccc5)cc4cc23)ccn1. The van der Waals surface area contributed by atoms with Crippen LogP contribution in [0.15, 0.2) is 66.9 Å². The largest absolute Gasteiger partial charge is 0.300 e. The predicted molar refractivity (Wildman–Crippen MR) is 110 cm³/mol. The Balaban J connectivity index is 1.55. The van der Waals surface area contributed by atoms with Crippen molar-refractivity contribution in [1.82, 2.24) is 20.2 Å². The Morgan fingerprint density at radius 2 is 1.86 bits per heavy atom. The summed E-state index contributed by atoms with van der Waals surface area (Å²) in [6, 6.07) is 19.7. The van der Waals surface area contributed by atoms with E-state index in [2.05, 4.69) is 26.2 Å². The van der Waals surface area contributed by atoms with Crippen molar-refractivity contribution < 1.29 is 4.79 Å². The average molecular weight is 366 g/mol. The normalized spacial score (nSPS) is 11.3. The molecule has 0 unspecified atom stereocenters. The fraction of sp³-hybridized carbons (Fsp3) is 0.0870. The number of H-pyrrole nitrogens is 2. The third-order valence-electron chi connectivity index (χ3n) is 4.97. The number of nitrogens with zero attached hydrogens (tertiary/aromatic N) is 2. The monoisotopic (exact) mass is 366 g/mol. The number of Topliss-reactive ketones (excluding diaryl/α,β-unsaturated/α-hetero) is 1. The zero-order chi connectivity index (χ0) is 19.1. The molecular weight excluding hydrogens is 348 g/mol. The third-order valence-corrected chi connectivity index (χ3v) is 4.97. The van der Waals surface area contributed by atoms with Gasteiger partial charge >= 0.3 is 0 Å². The van der Waals surface area contributed by atoms with Crippen molar-refractivity contribution in [3.63, 3.8) is 0 Å². The molecule has 2 N–H and O–H groups in total. The van der Waals surface area contributed by atoms with Gasteiger partial charge in [0.05, 0.1) is 16.7 Å². The van der Waals surface area contributed by atoms with Gasteiger partial charge in [0, 0.05) is 34.6 Å². The Bertz CT molecular complexity index is 1310. The van der Waals surface area contributed by atoms with Gasteiger partial charge in [-0.05, 0) is 42.8 Å². The number of carbonyl (C=O) groups is 1. The van der Waals surface area contributed by atoms with Crippen LogP contribution in [0.1, 0.15) is 21.7 Å². The molecule has 5 rings (SSSR count). The number of hydrogen-bond donors (Lipinski definition) is 2. The first-order chi connectivity index (χ1) is 13.7. The lowest BCUT2D eigenvalue weighted by molar-refractivity contribution is 0.0989. The molecule has 5 heteroatoms. The van der Waals surface area contributed by atoms with Crippen LogP contribution in [0.25, 0.3) is 33.1 Å². The third kappa shape index (κ3) is 2.87. The van der Waals surface area contributed by atoms with Crippen molar-refractivity contribution in [1.29, 1.82) is 0 Å². The molecule has 136 valence electrons. The summed E-state index contributed by atoms with van der Waals surface area (Å²) < 4.78 is 0. The van der Waals surface area contributed by atoms with Gasteiger partial charge in [-0.15, -0.1) is 0 Å². The van der Waals surface area contributed by atoms with Crippen LogP contribution in [-0.2, 0) is 6.42 Å². The van der Waals surface area contributed by atoms with Gasteiger partial charge in [0.25, 0.3) is 0 Å². The zero-order valence-corrected chi connectivity index (χ0v) is 15.4. The number of hydrogen-bond acceptors (Lipinski definition) is 3. The van der Waals surface area contributed by atoms with E-state index >= 15 is 0 Å². The summed E-state index contributed by atoms with van der Waals surface area (Å²) in [5.74, 6) is 0.0302. The van der Waals surface area contributed by atoms with Gasteiger partial charge in [-0.25, -0.2) is 4.98 Å². The number of nitrogens with one attached hydrogen (secondary N) is 2. The van der Waals surface area contributed by atoms with Gasteiger partial charge in [0.15, 0.2) is 5.78 Å².